The molecule has 2 aromatic rings. The third-order valence-electron chi connectivity index (χ3n) is 4.37. The predicted molar refractivity (Wildman–Crippen MR) is 91.9 cm³/mol. The van der Waals surface area contributed by atoms with Crippen LogP contribution in [0.5, 0.6) is 17.2 Å². The SMILES string of the molecule is COc1ccc(OC)c([C@H]2C[C@H]2C(=O)Nc2cc(C)ccc2O)c1. The average molecular weight is 327 g/mol. The molecule has 2 N–H and O–H groups in total. The topological polar surface area (TPSA) is 67.8 Å². The number of carbonyl (C=O) groups excluding carboxylic acids is 1. The summed E-state index contributed by atoms with van der Waals surface area (Å²) in [5, 5.41) is 12.7. The molecule has 126 valence electrons. The highest BCUT2D eigenvalue weighted by Gasteiger charge is 2.45. The fraction of sp³-hybridized carbons (Fsp3) is 0.316. The third kappa shape index (κ3) is 3.15. The van der Waals surface area contributed by atoms with E-state index in [0.717, 1.165) is 29.0 Å². The van der Waals surface area contributed by atoms with Crippen LogP contribution in [-0.4, -0.2) is 25.2 Å². The number of ether oxygens (including phenoxy) is 2. The van der Waals surface area contributed by atoms with Gasteiger partial charge in [0, 0.05) is 17.4 Å². The number of carbonyl (C=O) groups is 1. The molecule has 0 heterocycles. The molecule has 0 aromatic heterocycles. The Morgan fingerprint density at radius 1 is 1.17 bits per heavy atom. The van der Waals surface area contributed by atoms with Crippen LogP contribution in [-0.2, 0) is 4.79 Å². The second-order valence-corrected chi connectivity index (χ2v) is 6.07. The van der Waals surface area contributed by atoms with Gasteiger partial charge in [0.15, 0.2) is 0 Å². The lowest BCUT2D eigenvalue weighted by Gasteiger charge is -2.11. The molecule has 1 aliphatic carbocycles. The lowest BCUT2D eigenvalue weighted by molar-refractivity contribution is -0.117. The summed E-state index contributed by atoms with van der Waals surface area (Å²) < 4.78 is 10.7. The number of aryl methyl sites for hydroxylation is 1. The summed E-state index contributed by atoms with van der Waals surface area (Å²) >= 11 is 0. The fourth-order valence-electron chi connectivity index (χ4n) is 2.93. The minimum atomic E-state index is -0.133. The van der Waals surface area contributed by atoms with Crippen LogP contribution >= 0.6 is 0 Å². The molecule has 5 heteroatoms. The molecule has 1 saturated carbocycles. The van der Waals surface area contributed by atoms with Crippen molar-refractivity contribution in [3.05, 3.63) is 47.5 Å². The molecule has 0 saturated heterocycles. The minimum absolute atomic E-state index is 0.0742. The van der Waals surface area contributed by atoms with Gasteiger partial charge >= 0.3 is 0 Å². The van der Waals surface area contributed by atoms with Gasteiger partial charge in [-0.3, -0.25) is 4.79 Å². The van der Waals surface area contributed by atoms with Crippen LogP contribution in [0.1, 0.15) is 23.5 Å². The highest BCUT2D eigenvalue weighted by molar-refractivity contribution is 5.96. The van der Waals surface area contributed by atoms with E-state index in [4.69, 9.17) is 9.47 Å². The summed E-state index contributed by atoms with van der Waals surface area (Å²) in [7, 11) is 3.23. The van der Waals surface area contributed by atoms with E-state index in [1.807, 2.05) is 25.1 Å². The summed E-state index contributed by atoms with van der Waals surface area (Å²) in [6, 6.07) is 10.8. The van der Waals surface area contributed by atoms with Crippen molar-refractivity contribution >= 4 is 11.6 Å². The van der Waals surface area contributed by atoms with Crippen molar-refractivity contribution < 1.29 is 19.4 Å². The number of hydrogen-bond donors (Lipinski definition) is 2. The Bertz CT molecular complexity index is 772. The maximum Gasteiger partial charge on any atom is 0.228 e. The Morgan fingerprint density at radius 3 is 2.67 bits per heavy atom. The number of anilines is 1. The number of rotatable bonds is 5. The van der Waals surface area contributed by atoms with Gasteiger partial charge in [-0.25, -0.2) is 0 Å². The quantitative estimate of drug-likeness (QED) is 0.825. The molecule has 24 heavy (non-hydrogen) atoms. The molecular weight excluding hydrogens is 306 g/mol. The van der Waals surface area contributed by atoms with Gasteiger partial charge in [0.1, 0.15) is 17.2 Å². The normalized spacial score (nSPS) is 18.8. The predicted octanol–water partition coefficient (Wildman–Crippen LogP) is 3.46. The van der Waals surface area contributed by atoms with Gasteiger partial charge in [-0.05, 0) is 49.2 Å². The second-order valence-electron chi connectivity index (χ2n) is 6.07. The highest BCUT2D eigenvalue weighted by Crippen LogP contribution is 2.51. The van der Waals surface area contributed by atoms with Crippen molar-refractivity contribution in [3.63, 3.8) is 0 Å². The molecule has 0 bridgehead atoms. The Kier molecular flexibility index (Phi) is 4.34. The third-order valence-corrected chi connectivity index (χ3v) is 4.37. The second kappa shape index (κ2) is 6.43. The number of phenolic OH excluding ortho intramolecular Hbond substituents is 1. The number of phenols is 1. The van der Waals surface area contributed by atoms with Crippen molar-refractivity contribution in [2.45, 2.75) is 19.3 Å². The number of amides is 1. The zero-order chi connectivity index (χ0) is 17.3. The van der Waals surface area contributed by atoms with Crippen molar-refractivity contribution in [3.8, 4) is 17.2 Å². The Hall–Kier alpha value is -2.69. The number of benzene rings is 2. The van der Waals surface area contributed by atoms with E-state index < -0.39 is 0 Å². The van der Waals surface area contributed by atoms with Gasteiger partial charge in [-0.2, -0.15) is 0 Å². The zero-order valence-corrected chi connectivity index (χ0v) is 14.0. The summed E-state index contributed by atoms with van der Waals surface area (Å²) in [5.41, 5.74) is 2.40. The molecule has 1 amide bonds. The molecule has 0 radical (unpaired) electrons. The maximum absolute atomic E-state index is 12.5. The van der Waals surface area contributed by atoms with Gasteiger partial charge < -0.3 is 19.9 Å². The molecule has 1 fully saturated rings. The van der Waals surface area contributed by atoms with Crippen LogP contribution in [0.3, 0.4) is 0 Å². The minimum Gasteiger partial charge on any atom is -0.506 e. The van der Waals surface area contributed by atoms with Crippen LogP contribution in [0.25, 0.3) is 0 Å². The lowest BCUT2D eigenvalue weighted by atomic mass is 10.1. The Morgan fingerprint density at radius 2 is 1.96 bits per heavy atom. The first-order chi connectivity index (χ1) is 11.5. The lowest BCUT2D eigenvalue weighted by Crippen LogP contribution is -2.15. The van der Waals surface area contributed by atoms with E-state index >= 15 is 0 Å². The average Bonchev–Trinajstić information content (AvgIpc) is 3.38. The van der Waals surface area contributed by atoms with Crippen molar-refractivity contribution in [1.82, 2.24) is 0 Å². The standard InChI is InChI=1S/C19H21NO4/c1-11-4-6-17(21)16(8-11)20-19(22)15-10-13(15)14-9-12(23-2)5-7-18(14)24-3/h4-9,13,15,21H,10H2,1-3H3,(H,20,22)/t13-,15-/m1/s1. The first-order valence-electron chi connectivity index (χ1n) is 7.86. The number of aromatic hydroxyl groups is 1. The summed E-state index contributed by atoms with van der Waals surface area (Å²) in [5.74, 6) is 1.45. The van der Waals surface area contributed by atoms with E-state index in [9.17, 15) is 9.90 Å². The molecule has 0 unspecified atom stereocenters. The highest BCUT2D eigenvalue weighted by atomic mass is 16.5. The van der Waals surface area contributed by atoms with Gasteiger partial charge in [0.05, 0.1) is 19.9 Å². The monoisotopic (exact) mass is 327 g/mol. The van der Waals surface area contributed by atoms with Crippen molar-refractivity contribution in [2.75, 3.05) is 19.5 Å². The van der Waals surface area contributed by atoms with Gasteiger partial charge in [0.2, 0.25) is 5.91 Å². The van der Waals surface area contributed by atoms with E-state index in [1.54, 1.807) is 32.4 Å². The smallest absolute Gasteiger partial charge is 0.228 e. The summed E-state index contributed by atoms with van der Waals surface area (Å²) in [4.78, 5) is 12.5. The van der Waals surface area contributed by atoms with Crippen LogP contribution in [0.2, 0.25) is 0 Å². The molecule has 1 aliphatic rings. The Labute approximate surface area is 141 Å². The summed E-state index contributed by atoms with van der Waals surface area (Å²) in [6.07, 6.45) is 0.752. The fourth-order valence-corrected chi connectivity index (χ4v) is 2.93. The molecule has 0 spiro atoms. The van der Waals surface area contributed by atoms with Gasteiger partial charge in [-0.15, -0.1) is 0 Å². The molecule has 0 aliphatic heterocycles. The summed E-state index contributed by atoms with van der Waals surface area (Å²) in [6.45, 7) is 1.91. The number of methoxy groups -OCH3 is 2. The van der Waals surface area contributed by atoms with E-state index in [0.29, 0.717) is 5.69 Å². The first-order valence-corrected chi connectivity index (χ1v) is 7.86. The van der Waals surface area contributed by atoms with Crippen LogP contribution in [0.15, 0.2) is 36.4 Å². The largest absolute Gasteiger partial charge is 0.506 e. The molecule has 2 aromatic carbocycles. The van der Waals surface area contributed by atoms with Crippen molar-refractivity contribution in [1.29, 1.82) is 0 Å². The molecule has 5 nitrogen and oxygen atoms in total. The Balaban J connectivity index is 1.75. The number of hydrogen-bond acceptors (Lipinski definition) is 4. The van der Waals surface area contributed by atoms with Crippen LogP contribution in [0.4, 0.5) is 5.69 Å². The van der Waals surface area contributed by atoms with Crippen LogP contribution < -0.4 is 14.8 Å². The molecule has 2 atom stereocenters. The maximum atomic E-state index is 12.5. The van der Waals surface area contributed by atoms with E-state index in [-0.39, 0.29) is 23.5 Å². The van der Waals surface area contributed by atoms with E-state index in [1.165, 1.54) is 0 Å². The van der Waals surface area contributed by atoms with Crippen molar-refractivity contribution in [2.24, 2.45) is 5.92 Å². The van der Waals surface area contributed by atoms with Gasteiger partial charge in [-0.1, -0.05) is 6.07 Å². The first kappa shape index (κ1) is 16.2. The molecule has 3 rings (SSSR count). The molecular formula is C19H21NO4. The van der Waals surface area contributed by atoms with Crippen LogP contribution in [0, 0.1) is 12.8 Å². The van der Waals surface area contributed by atoms with Gasteiger partial charge in [0.25, 0.3) is 0 Å². The van der Waals surface area contributed by atoms with E-state index in [2.05, 4.69) is 5.32 Å². The zero-order valence-electron chi connectivity index (χ0n) is 14.0. The number of nitrogens with one attached hydrogen (secondary N) is 1.